The van der Waals surface area contributed by atoms with Crippen LogP contribution >= 0.6 is 0 Å². The lowest BCUT2D eigenvalue weighted by molar-refractivity contribution is 0.146. The first-order chi connectivity index (χ1) is 11.2. The van der Waals surface area contributed by atoms with E-state index in [1.807, 2.05) is 54.6 Å². The van der Waals surface area contributed by atoms with Crippen molar-refractivity contribution in [2.75, 3.05) is 13.7 Å². The standard InChI is InChI=1S/C19H19NO3/c1-14(16-6-4-3-5-7-16)18-13-20(19(21)23-18)12-15-8-10-17(22-2)11-9-15/h3-11,18H,1,12-13H2,2H3. The van der Waals surface area contributed by atoms with Crippen LogP contribution in [-0.4, -0.2) is 30.8 Å². The maximum atomic E-state index is 12.1. The highest BCUT2D eigenvalue weighted by molar-refractivity contribution is 5.76. The fourth-order valence-corrected chi connectivity index (χ4v) is 2.61. The third kappa shape index (κ3) is 3.37. The van der Waals surface area contributed by atoms with E-state index in [0.29, 0.717) is 13.1 Å². The molecule has 1 unspecified atom stereocenters. The van der Waals surface area contributed by atoms with Gasteiger partial charge in [0.15, 0.2) is 0 Å². The Labute approximate surface area is 135 Å². The molecule has 0 saturated carbocycles. The Bertz CT molecular complexity index is 694. The SMILES string of the molecule is C=C(c1ccccc1)C1CN(Cc2ccc(OC)cc2)C(=O)O1. The average Bonchev–Trinajstić information content (AvgIpc) is 2.96. The highest BCUT2D eigenvalue weighted by Gasteiger charge is 2.33. The van der Waals surface area contributed by atoms with Crippen molar-refractivity contribution in [1.29, 1.82) is 0 Å². The van der Waals surface area contributed by atoms with Gasteiger partial charge in [-0.15, -0.1) is 0 Å². The first-order valence-electron chi connectivity index (χ1n) is 7.50. The summed E-state index contributed by atoms with van der Waals surface area (Å²) in [4.78, 5) is 13.8. The molecule has 23 heavy (non-hydrogen) atoms. The molecule has 1 saturated heterocycles. The molecule has 4 heteroatoms. The Morgan fingerprint density at radius 2 is 1.91 bits per heavy atom. The van der Waals surface area contributed by atoms with Crippen LogP contribution in [0.2, 0.25) is 0 Å². The van der Waals surface area contributed by atoms with Crippen molar-refractivity contribution in [2.24, 2.45) is 0 Å². The summed E-state index contributed by atoms with van der Waals surface area (Å²) in [5.41, 5.74) is 2.86. The van der Waals surface area contributed by atoms with E-state index in [4.69, 9.17) is 9.47 Å². The Kier molecular flexibility index (Phi) is 4.33. The largest absolute Gasteiger partial charge is 0.497 e. The van der Waals surface area contributed by atoms with Crippen LogP contribution in [0.15, 0.2) is 61.2 Å². The molecule has 0 bridgehead atoms. The molecular formula is C19H19NO3. The lowest BCUT2D eigenvalue weighted by atomic mass is 10.0. The zero-order valence-corrected chi connectivity index (χ0v) is 13.1. The molecule has 0 radical (unpaired) electrons. The predicted octanol–water partition coefficient (Wildman–Crippen LogP) is 3.73. The average molecular weight is 309 g/mol. The second-order valence-electron chi connectivity index (χ2n) is 5.49. The molecular weight excluding hydrogens is 290 g/mol. The van der Waals surface area contributed by atoms with Gasteiger partial charge in [0.1, 0.15) is 11.9 Å². The fraction of sp³-hybridized carbons (Fsp3) is 0.211. The van der Waals surface area contributed by atoms with Crippen LogP contribution in [0.3, 0.4) is 0 Å². The molecule has 0 spiro atoms. The van der Waals surface area contributed by atoms with Crippen LogP contribution in [0.4, 0.5) is 4.79 Å². The van der Waals surface area contributed by atoms with E-state index >= 15 is 0 Å². The summed E-state index contributed by atoms with van der Waals surface area (Å²) >= 11 is 0. The quantitative estimate of drug-likeness (QED) is 0.845. The smallest absolute Gasteiger partial charge is 0.410 e. The van der Waals surface area contributed by atoms with Crippen LogP contribution < -0.4 is 4.74 Å². The monoisotopic (exact) mass is 309 g/mol. The number of rotatable bonds is 5. The summed E-state index contributed by atoms with van der Waals surface area (Å²) in [5, 5.41) is 0. The number of carbonyl (C=O) groups is 1. The van der Waals surface area contributed by atoms with Crippen molar-refractivity contribution in [3.63, 3.8) is 0 Å². The van der Waals surface area contributed by atoms with E-state index in [1.165, 1.54) is 0 Å². The predicted molar refractivity (Wildman–Crippen MR) is 89.1 cm³/mol. The zero-order chi connectivity index (χ0) is 16.2. The molecule has 0 aromatic heterocycles. The summed E-state index contributed by atoms with van der Waals surface area (Å²) in [6.07, 6.45) is -0.606. The number of methoxy groups -OCH3 is 1. The van der Waals surface area contributed by atoms with E-state index in [2.05, 4.69) is 6.58 Å². The maximum absolute atomic E-state index is 12.1. The molecule has 1 aliphatic heterocycles. The number of benzene rings is 2. The van der Waals surface area contributed by atoms with Gasteiger partial charge in [-0.3, -0.25) is 4.90 Å². The minimum Gasteiger partial charge on any atom is -0.497 e. The van der Waals surface area contributed by atoms with Gasteiger partial charge in [0.05, 0.1) is 13.7 Å². The second-order valence-corrected chi connectivity index (χ2v) is 5.49. The van der Waals surface area contributed by atoms with Crippen LogP contribution in [-0.2, 0) is 11.3 Å². The van der Waals surface area contributed by atoms with Gasteiger partial charge in [0.2, 0.25) is 0 Å². The van der Waals surface area contributed by atoms with Crippen molar-refractivity contribution < 1.29 is 14.3 Å². The highest BCUT2D eigenvalue weighted by Crippen LogP contribution is 2.26. The van der Waals surface area contributed by atoms with Gasteiger partial charge in [0, 0.05) is 6.54 Å². The number of ether oxygens (including phenoxy) is 2. The lowest BCUT2D eigenvalue weighted by Crippen LogP contribution is -2.24. The van der Waals surface area contributed by atoms with Crippen LogP contribution in [0.5, 0.6) is 5.75 Å². The normalized spacial score (nSPS) is 17.0. The molecule has 1 heterocycles. The summed E-state index contributed by atoms with van der Waals surface area (Å²) < 4.78 is 10.6. The van der Waals surface area contributed by atoms with Gasteiger partial charge < -0.3 is 9.47 Å². The fourth-order valence-electron chi connectivity index (χ4n) is 2.61. The number of nitrogens with zero attached hydrogens (tertiary/aromatic N) is 1. The number of hydrogen-bond donors (Lipinski definition) is 0. The van der Waals surface area contributed by atoms with Gasteiger partial charge in [-0.25, -0.2) is 4.79 Å². The van der Waals surface area contributed by atoms with Crippen molar-refractivity contribution in [1.82, 2.24) is 4.90 Å². The number of cyclic esters (lactones) is 1. The van der Waals surface area contributed by atoms with Crippen LogP contribution in [0, 0.1) is 0 Å². The third-order valence-electron chi connectivity index (χ3n) is 3.95. The first kappa shape index (κ1) is 15.2. The van der Waals surface area contributed by atoms with Crippen molar-refractivity contribution >= 4 is 11.7 Å². The molecule has 1 atom stereocenters. The van der Waals surface area contributed by atoms with Gasteiger partial charge >= 0.3 is 6.09 Å². The van der Waals surface area contributed by atoms with Gasteiger partial charge in [-0.2, -0.15) is 0 Å². The Hall–Kier alpha value is -2.75. The minimum absolute atomic E-state index is 0.303. The van der Waals surface area contributed by atoms with E-state index in [-0.39, 0.29) is 12.2 Å². The van der Waals surface area contributed by atoms with E-state index < -0.39 is 0 Å². The lowest BCUT2D eigenvalue weighted by Gasteiger charge is -2.14. The molecule has 1 fully saturated rings. The number of hydrogen-bond acceptors (Lipinski definition) is 3. The van der Waals surface area contributed by atoms with Crippen molar-refractivity contribution in [3.05, 3.63) is 72.3 Å². The first-order valence-corrected chi connectivity index (χ1v) is 7.50. The highest BCUT2D eigenvalue weighted by atomic mass is 16.6. The molecule has 0 N–H and O–H groups in total. The minimum atomic E-state index is -0.303. The van der Waals surface area contributed by atoms with Gasteiger partial charge in [0.25, 0.3) is 0 Å². The summed E-state index contributed by atoms with van der Waals surface area (Å²) in [6.45, 7) is 5.11. The van der Waals surface area contributed by atoms with E-state index in [9.17, 15) is 4.79 Å². The van der Waals surface area contributed by atoms with Gasteiger partial charge in [-0.05, 0) is 28.8 Å². The van der Waals surface area contributed by atoms with E-state index in [0.717, 1.165) is 22.4 Å². The van der Waals surface area contributed by atoms with Crippen molar-refractivity contribution in [2.45, 2.75) is 12.6 Å². The molecule has 2 aromatic carbocycles. The second kappa shape index (κ2) is 6.57. The molecule has 118 valence electrons. The maximum Gasteiger partial charge on any atom is 0.410 e. The zero-order valence-electron chi connectivity index (χ0n) is 13.1. The molecule has 1 amide bonds. The van der Waals surface area contributed by atoms with Crippen molar-refractivity contribution in [3.8, 4) is 5.75 Å². The Morgan fingerprint density at radius 3 is 2.57 bits per heavy atom. The van der Waals surface area contributed by atoms with Gasteiger partial charge in [-0.1, -0.05) is 49.0 Å². The molecule has 4 nitrogen and oxygen atoms in total. The Balaban J connectivity index is 1.66. The molecule has 1 aliphatic rings. The summed E-state index contributed by atoms with van der Waals surface area (Å²) in [5.74, 6) is 0.799. The Morgan fingerprint density at radius 1 is 1.22 bits per heavy atom. The van der Waals surface area contributed by atoms with Crippen LogP contribution in [0.25, 0.3) is 5.57 Å². The number of carbonyl (C=O) groups excluding carboxylic acids is 1. The molecule has 0 aliphatic carbocycles. The summed E-state index contributed by atoms with van der Waals surface area (Å²) in [7, 11) is 1.63. The molecule has 2 aromatic rings. The summed E-state index contributed by atoms with van der Waals surface area (Å²) in [6, 6.07) is 17.5. The molecule has 3 rings (SSSR count). The number of amides is 1. The van der Waals surface area contributed by atoms with Crippen LogP contribution in [0.1, 0.15) is 11.1 Å². The van der Waals surface area contributed by atoms with E-state index in [1.54, 1.807) is 12.0 Å². The third-order valence-corrected chi connectivity index (χ3v) is 3.95. The topological polar surface area (TPSA) is 38.8 Å².